The predicted molar refractivity (Wildman–Crippen MR) is 88.8 cm³/mol. The van der Waals surface area contributed by atoms with Crippen LogP contribution in [0.1, 0.15) is 45.7 Å². The molecule has 1 aliphatic heterocycles. The molecule has 1 saturated heterocycles. The van der Waals surface area contributed by atoms with Crippen molar-refractivity contribution in [3.8, 4) is 5.75 Å². The summed E-state index contributed by atoms with van der Waals surface area (Å²) in [4.78, 5) is 2.64. The Balaban J connectivity index is 2.06. The highest BCUT2D eigenvalue weighted by Gasteiger charge is 2.34. The fourth-order valence-electron chi connectivity index (χ4n) is 3.56. The third kappa shape index (κ3) is 3.58. The van der Waals surface area contributed by atoms with E-state index in [1.807, 2.05) is 0 Å². The van der Waals surface area contributed by atoms with Gasteiger partial charge in [-0.25, -0.2) is 0 Å². The largest absolute Gasteiger partial charge is 0.497 e. The van der Waals surface area contributed by atoms with Crippen LogP contribution in [0.2, 0.25) is 0 Å². The van der Waals surface area contributed by atoms with Gasteiger partial charge in [-0.05, 0) is 50.4 Å². The van der Waals surface area contributed by atoms with Crippen LogP contribution in [-0.4, -0.2) is 37.2 Å². The molecular weight excluding hydrogens is 260 g/mol. The van der Waals surface area contributed by atoms with Crippen LogP contribution in [0.3, 0.4) is 0 Å². The van der Waals surface area contributed by atoms with E-state index < -0.39 is 0 Å². The highest BCUT2D eigenvalue weighted by atomic mass is 16.5. The number of hydrogen-bond donors (Lipinski definition) is 1. The Morgan fingerprint density at radius 1 is 1.29 bits per heavy atom. The van der Waals surface area contributed by atoms with Gasteiger partial charge in [0.1, 0.15) is 5.75 Å². The summed E-state index contributed by atoms with van der Waals surface area (Å²) in [5.74, 6) is 1.61. The summed E-state index contributed by atoms with van der Waals surface area (Å²) in [6, 6.07) is 10.2. The zero-order valence-corrected chi connectivity index (χ0v) is 14.1. The van der Waals surface area contributed by atoms with Crippen molar-refractivity contribution in [1.82, 2.24) is 10.2 Å². The van der Waals surface area contributed by atoms with Crippen LogP contribution in [0.15, 0.2) is 24.3 Å². The van der Waals surface area contributed by atoms with Crippen molar-refractivity contribution >= 4 is 0 Å². The first-order valence-electron chi connectivity index (χ1n) is 8.21. The quantitative estimate of drug-likeness (QED) is 0.898. The maximum Gasteiger partial charge on any atom is 0.118 e. The molecule has 3 heteroatoms. The smallest absolute Gasteiger partial charge is 0.118 e. The molecule has 118 valence electrons. The molecule has 1 N–H and O–H groups in total. The first-order valence-corrected chi connectivity index (χ1v) is 8.21. The molecule has 3 nitrogen and oxygen atoms in total. The lowest BCUT2D eigenvalue weighted by atomic mass is 9.85. The first-order chi connectivity index (χ1) is 10.1. The summed E-state index contributed by atoms with van der Waals surface area (Å²) in [6.45, 7) is 11.5. The normalized spacial score (nSPS) is 28.3. The molecule has 4 atom stereocenters. The summed E-state index contributed by atoms with van der Waals surface area (Å²) < 4.78 is 5.25. The molecule has 0 aromatic heterocycles. The zero-order valence-electron chi connectivity index (χ0n) is 14.1. The Kier molecular flexibility index (Phi) is 5.65. The number of methoxy groups -OCH3 is 1. The molecule has 1 aromatic rings. The number of nitrogens with zero attached hydrogens (tertiary/aromatic N) is 1. The molecule has 2 rings (SSSR count). The van der Waals surface area contributed by atoms with Gasteiger partial charge in [0, 0.05) is 24.7 Å². The number of hydrogen-bond acceptors (Lipinski definition) is 3. The highest BCUT2D eigenvalue weighted by Crippen LogP contribution is 2.32. The van der Waals surface area contributed by atoms with Crippen LogP contribution >= 0.6 is 0 Å². The number of ether oxygens (including phenoxy) is 1. The fraction of sp³-hybridized carbons (Fsp3) is 0.667. The average Bonchev–Trinajstić information content (AvgIpc) is 2.52. The second-order valence-electron chi connectivity index (χ2n) is 6.24. The van der Waals surface area contributed by atoms with E-state index in [2.05, 4.69) is 62.2 Å². The summed E-state index contributed by atoms with van der Waals surface area (Å²) in [5.41, 5.74) is 1.37. The van der Waals surface area contributed by atoms with Crippen LogP contribution in [0, 0.1) is 5.92 Å². The van der Waals surface area contributed by atoms with Gasteiger partial charge in [0.15, 0.2) is 0 Å². The molecule has 1 fully saturated rings. The second kappa shape index (κ2) is 7.28. The topological polar surface area (TPSA) is 24.5 Å². The maximum absolute atomic E-state index is 5.25. The lowest BCUT2D eigenvalue weighted by molar-refractivity contribution is 0.0529. The summed E-state index contributed by atoms with van der Waals surface area (Å²) >= 11 is 0. The van der Waals surface area contributed by atoms with Gasteiger partial charge in [-0.1, -0.05) is 26.0 Å². The van der Waals surface area contributed by atoms with Gasteiger partial charge in [-0.3, -0.25) is 4.90 Å². The lowest BCUT2D eigenvalue weighted by Gasteiger charge is -2.46. The fourth-order valence-corrected chi connectivity index (χ4v) is 3.56. The van der Waals surface area contributed by atoms with E-state index in [0.717, 1.165) is 18.8 Å². The minimum atomic E-state index is 0.455. The van der Waals surface area contributed by atoms with E-state index in [0.29, 0.717) is 24.0 Å². The average molecular weight is 290 g/mol. The van der Waals surface area contributed by atoms with Gasteiger partial charge < -0.3 is 10.1 Å². The second-order valence-corrected chi connectivity index (χ2v) is 6.24. The Morgan fingerprint density at radius 3 is 2.52 bits per heavy atom. The Morgan fingerprint density at radius 2 is 1.95 bits per heavy atom. The summed E-state index contributed by atoms with van der Waals surface area (Å²) in [5, 5.41) is 3.64. The van der Waals surface area contributed by atoms with E-state index in [1.165, 1.54) is 12.0 Å². The Bertz CT molecular complexity index is 431. The molecule has 0 amide bonds. The monoisotopic (exact) mass is 290 g/mol. The predicted octanol–water partition coefficient (Wildman–Crippen LogP) is 3.46. The van der Waals surface area contributed by atoms with Gasteiger partial charge >= 0.3 is 0 Å². The molecule has 0 radical (unpaired) electrons. The lowest BCUT2D eigenvalue weighted by Crippen LogP contribution is -2.53. The van der Waals surface area contributed by atoms with Crippen molar-refractivity contribution in [2.45, 2.75) is 52.2 Å². The third-order valence-corrected chi connectivity index (χ3v) is 5.18. The van der Waals surface area contributed by atoms with Crippen molar-refractivity contribution in [3.05, 3.63) is 29.8 Å². The SMILES string of the molecule is CCNC1CCN(C(C)c2ccc(OC)cc2)C(C)C1C. The van der Waals surface area contributed by atoms with Crippen LogP contribution in [0.25, 0.3) is 0 Å². The van der Waals surface area contributed by atoms with Crippen molar-refractivity contribution in [3.63, 3.8) is 0 Å². The van der Waals surface area contributed by atoms with Crippen molar-refractivity contribution in [2.24, 2.45) is 5.92 Å². The van der Waals surface area contributed by atoms with Crippen molar-refractivity contribution in [1.29, 1.82) is 0 Å². The van der Waals surface area contributed by atoms with Gasteiger partial charge in [0.2, 0.25) is 0 Å². The zero-order chi connectivity index (χ0) is 15.4. The molecule has 1 heterocycles. The van der Waals surface area contributed by atoms with Crippen molar-refractivity contribution in [2.75, 3.05) is 20.2 Å². The van der Waals surface area contributed by atoms with E-state index in [9.17, 15) is 0 Å². The van der Waals surface area contributed by atoms with Gasteiger partial charge in [0.05, 0.1) is 7.11 Å². The molecule has 1 aromatic carbocycles. The van der Waals surface area contributed by atoms with Gasteiger partial charge in [-0.15, -0.1) is 0 Å². The number of nitrogens with one attached hydrogen (secondary N) is 1. The van der Waals surface area contributed by atoms with Crippen LogP contribution in [0.4, 0.5) is 0 Å². The van der Waals surface area contributed by atoms with E-state index >= 15 is 0 Å². The Hall–Kier alpha value is -1.06. The minimum absolute atomic E-state index is 0.455. The molecule has 1 aliphatic rings. The number of benzene rings is 1. The number of piperidine rings is 1. The molecule has 4 unspecified atom stereocenters. The van der Waals surface area contributed by atoms with Gasteiger partial charge in [0.25, 0.3) is 0 Å². The molecule has 0 saturated carbocycles. The van der Waals surface area contributed by atoms with Crippen LogP contribution in [-0.2, 0) is 0 Å². The van der Waals surface area contributed by atoms with E-state index in [-0.39, 0.29) is 0 Å². The highest BCUT2D eigenvalue weighted by molar-refractivity contribution is 5.29. The molecule has 21 heavy (non-hydrogen) atoms. The summed E-state index contributed by atoms with van der Waals surface area (Å²) in [6.07, 6.45) is 1.24. The Labute approximate surface area is 129 Å². The van der Waals surface area contributed by atoms with Crippen molar-refractivity contribution < 1.29 is 4.74 Å². The number of rotatable bonds is 5. The van der Waals surface area contributed by atoms with Gasteiger partial charge in [-0.2, -0.15) is 0 Å². The minimum Gasteiger partial charge on any atom is -0.497 e. The molecule has 0 spiro atoms. The molecular formula is C18H30N2O. The number of likely N-dealkylation sites (tertiary alicyclic amines) is 1. The molecule has 0 aliphatic carbocycles. The van der Waals surface area contributed by atoms with E-state index in [4.69, 9.17) is 4.74 Å². The van der Waals surface area contributed by atoms with Crippen LogP contribution in [0.5, 0.6) is 5.75 Å². The standard InChI is InChI=1S/C18H30N2O/c1-6-19-18-11-12-20(14(3)13(18)2)15(4)16-7-9-17(21-5)10-8-16/h7-10,13-15,18-19H,6,11-12H2,1-5H3. The maximum atomic E-state index is 5.25. The molecule has 0 bridgehead atoms. The van der Waals surface area contributed by atoms with E-state index in [1.54, 1.807) is 7.11 Å². The summed E-state index contributed by atoms with van der Waals surface area (Å²) in [7, 11) is 1.72. The first kappa shape index (κ1) is 16.3. The third-order valence-electron chi connectivity index (χ3n) is 5.18. The van der Waals surface area contributed by atoms with Crippen LogP contribution < -0.4 is 10.1 Å².